The lowest BCUT2D eigenvalue weighted by atomic mass is 10.2. The summed E-state index contributed by atoms with van der Waals surface area (Å²) in [6, 6.07) is 16.3. The summed E-state index contributed by atoms with van der Waals surface area (Å²) in [5.41, 5.74) is 4.26. The molecule has 0 aliphatic carbocycles. The van der Waals surface area contributed by atoms with E-state index >= 15 is 0 Å². The molecule has 2 N–H and O–H groups in total. The van der Waals surface area contributed by atoms with Crippen molar-refractivity contribution in [3.05, 3.63) is 66.6 Å². The quantitative estimate of drug-likeness (QED) is 0.489. The lowest BCUT2D eigenvalue weighted by Gasteiger charge is -2.27. The summed E-state index contributed by atoms with van der Waals surface area (Å²) in [6.07, 6.45) is 3.11. The van der Waals surface area contributed by atoms with Crippen molar-refractivity contribution in [2.45, 2.75) is 12.6 Å². The molecule has 1 aliphatic heterocycles. The first-order valence-electron chi connectivity index (χ1n) is 9.82. The maximum atomic E-state index is 5.70. The Kier molecular flexibility index (Phi) is 4.90. The molecule has 0 bridgehead atoms. The fourth-order valence-corrected chi connectivity index (χ4v) is 3.31. The Morgan fingerprint density at radius 1 is 1.13 bits per heavy atom. The first-order chi connectivity index (χ1) is 14.7. The van der Waals surface area contributed by atoms with E-state index in [1.807, 2.05) is 37.4 Å². The van der Waals surface area contributed by atoms with Crippen molar-refractivity contribution in [2.75, 3.05) is 23.8 Å². The van der Waals surface area contributed by atoms with Crippen molar-refractivity contribution in [3.63, 3.8) is 0 Å². The van der Waals surface area contributed by atoms with Crippen LogP contribution in [-0.4, -0.2) is 38.8 Å². The number of nitrogens with zero attached hydrogens (tertiary/aromatic N) is 4. The number of hydrogen-bond acceptors (Lipinski definition) is 7. The van der Waals surface area contributed by atoms with Crippen LogP contribution in [0.25, 0.3) is 11.0 Å². The third-order valence-corrected chi connectivity index (χ3v) is 5.04. The molecule has 30 heavy (non-hydrogen) atoms. The van der Waals surface area contributed by atoms with Crippen LogP contribution in [0.4, 0.5) is 11.6 Å². The minimum atomic E-state index is 0.398. The summed E-state index contributed by atoms with van der Waals surface area (Å²) in [5, 5.41) is 6.90. The van der Waals surface area contributed by atoms with Crippen LogP contribution in [0.5, 0.6) is 11.6 Å². The zero-order chi connectivity index (χ0) is 20.3. The molecule has 8 heteroatoms. The van der Waals surface area contributed by atoms with E-state index in [-0.39, 0.29) is 0 Å². The van der Waals surface area contributed by atoms with Crippen LogP contribution in [0.1, 0.15) is 5.56 Å². The van der Waals surface area contributed by atoms with Crippen LogP contribution in [-0.2, 0) is 18.3 Å². The monoisotopic (exact) mass is 402 g/mol. The maximum absolute atomic E-state index is 5.70. The van der Waals surface area contributed by atoms with E-state index in [9.17, 15) is 0 Å². The molecule has 0 amide bonds. The molecular formula is C22H22N6O2. The van der Waals surface area contributed by atoms with E-state index in [1.54, 1.807) is 12.3 Å². The van der Waals surface area contributed by atoms with E-state index < -0.39 is 0 Å². The molecule has 0 saturated carbocycles. The first-order valence-corrected chi connectivity index (χ1v) is 9.82. The molecule has 1 aliphatic rings. The number of ether oxygens (including phenoxy) is 2. The minimum Gasteiger partial charge on any atom is -0.439 e. The van der Waals surface area contributed by atoms with E-state index in [1.165, 1.54) is 6.33 Å². The molecular weight excluding hydrogens is 380 g/mol. The van der Waals surface area contributed by atoms with Gasteiger partial charge < -0.3 is 24.7 Å². The lowest BCUT2D eigenvalue weighted by molar-refractivity contribution is 0.0211. The molecule has 152 valence electrons. The van der Waals surface area contributed by atoms with E-state index in [4.69, 9.17) is 14.5 Å². The van der Waals surface area contributed by atoms with E-state index in [2.05, 4.69) is 37.3 Å². The number of rotatable bonds is 7. The van der Waals surface area contributed by atoms with Crippen LogP contribution >= 0.6 is 0 Å². The topological polar surface area (TPSA) is 86.1 Å². The molecule has 2 aromatic carbocycles. The third kappa shape index (κ3) is 3.90. The molecule has 5 rings (SSSR count). The number of benzene rings is 2. The normalized spacial score (nSPS) is 13.8. The number of aryl methyl sites for hydroxylation is 1. The van der Waals surface area contributed by atoms with Gasteiger partial charge in [0.1, 0.15) is 12.1 Å². The van der Waals surface area contributed by atoms with Crippen LogP contribution < -0.4 is 15.4 Å². The van der Waals surface area contributed by atoms with Crippen molar-refractivity contribution >= 4 is 22.7 Å². The van der Waals surface area contributed by atoms with Gasteiger partial charge in [0.2, 0.25) is 11.8 Å². The Morgan fingerprint density at radius 2 is 2.00 bits per heavy atom. The maximum Gasteiger partial charge on any atom is 0.222 e. The van der Waals surface area contributed by atoms with Gasteiger partial charge in [-0.25, -0.2) is 15.0 Å². The van der Waals surface area contributed by atoms with Crippen molar-refractivity contribution in [3.8, 4) is 11.6 Å². The summed E-state index contributed by atoms with van der Waals surface area (Å²) in [5.74, 6) is 2.08. The first kappa shape index (κ1) is 18.4. The summed E-state index contributed by atoms with van der Waals surface area (Å²) in [6.45, 7) is 2.19. The average molecular weight is 402 g/mol. The number of hydrogen-bond donors (Lipinski definition) is 2. The van der Waals surface area contributed by atoms with Gasteiger partial charge in [-0.05, 0) is 35.9 Å². The van der Waals surface area contributed by atoms with Gasteiger partial charge in [-0.1, -0.05) is 12.1 Å². The second kappa shape index (κ2) is 8.00. The zero-order valence-electron chi connectivity index (χ0n) is 16.6. The Bertz CT molecular complexity index is 1140. The predicted octanol–water partition coefficient (Wildman–Crippen LogP) is 3.58. The van der Waals surface area contributed by atoms with E-state index in [0.29, 0.717) is 18.5 Å². The molecule has 2 aromatic heterocycles. The van der Waals surface area contributed by atoms with Gasteiger partial charge in [-0.15, -0.1) is 0 Å². The van der Waals surface area contributed by atoms with Gasteiger partial charge >= 0.3 is 0 Å². The summed E-state index contributed by atoms with van der Waals surface area (Å²) >= 11 is 0. The van der Waals surface area contributed by atoms with Crippen LogP contribution in [0, 0.1) is 0 Å². The van der Waals surface area contributed by atoms with Crippen molar-refractivity contribution in [2.24, 2.45) is 7.05 Å². The molecule has 3 heterocycles. The van der Waals surface area contributed by atoms with Crippen LogP contribution in [0.3, 0.4) is 0 Å². The molecule has 0 atom stereocenters. The largest absolute Gasteiger partial charge is 0.439 e. The molecule has 4 aromatic rings. The lowest BCUT2D eigenvalue weighted by Crippen LogP contribution is -2.40. The number of fused-ring (bicyclic) bond motifs is 1. The number of anilines is 2. The third-order valence-electron chi connectivity index (χ3n) is 5.04. The highest BCUT2D eigenvalue weighted by Crippen LogP contribution is 2.24. The Hall–Kier alpha value is -3.65. The highest BCUT2D eigenvalue weighted by molar-refractivity contribution is 5.82. The molecule has 0 radical (unpaired) electrons. The zero-order valence-corrected chi connectivity index (χ0v) is 16.6. The fraction of sp³-hybridized carbons (Fsp3) is 0.227. The summed E-state index contributed by atoms with van der Waals surface area (Å²) in [4.78, 5) is 12.7. The van der Waals surface area contributed by atoms with Crippen molar-refractivity contribution in [1.82, 2.24) is 19.5 Å². The van der Waals surface area contributed by atoms with Crippen LogP contribution in [0.15, 0.2) is 61.1 Å². The summed E-state index contributed by atoms with van der Waals surface area (Å²) < 4.78 is 13.0. The smallest absolute Gasteiger partial charge is 0.222 e. The highest BCUT2D eigenvalue weighted by atomic mass is 16.5. The fourth-order valence-electron chi connectivity index (χ4n) is 3.31. The molecule has 0 unspecified atom stereocenters. The predicted molar refractivity (Wildman–Crippen MR) is 115 cm³/mol. The Labute approximate surface area is 173 Å². The molecule has 0 spiro atoms. The molecule has 8 nitrogen and oxygen atoms in total. The summed E-state index contributed by atoms with van der Waals surface area (Å²) in [7, 11) is 2.02. The Morgan fingerprint density at radius 3 is 2.73 bits per heavy atom. The molecule has 1 saturated heterocycles. The standard InChI is InChI=1S/C22H22N6O2/c1-28-20-10-16(26-17-12-29-13-17)4-7-19(20)27-22(28)24-11-15-2-5-18(6-3-15)30-21-8-9-23-14-25-21/h2-10,14,17,26H,11-13H2,1H3,(H,24,27). The second-order valence-corrected chi connectivity index (χ2v) is 7.22. The van der Waals surface area contributed by atoms with Gasteiger partial charge in [-0.3, -0.25) is 0 Å². The SMILES string of the molecule is Cn1c(NCc2ccc(Oc3ccncn3)cc2)nc2ccc(NC3COC3)cc21. The van der Waals surface area contributed by atoms with Crippen molar-refractivity contribution in [1.29, 1.82) is 0 Å². The second-order valence-electron chi connectivity index (χ2n) is 7.22. The van der Waals surface area contributed by atoms with Gasteiger partial charge in [0.15, 0.2) is 0 Å². The number of imidazole rings is 1. The average Bonchev–Trinajstić information content (AvgIpc) is 3.06. The van der Waals surface area contributed by atoms with Gasteiger partial charge in [0.25, 0.3) is 0 Å². The van der Waals surface area contributed by atoms with Gasteiger partial charge in [0.05, 0.1) is 30.3 Å². The Balaban J connectivity index is 1.24. The van der Waals surface area contributed by atoms with Crippen LogP contribution in [0.2, 0.25) is 0 Å². The minimum absolute atomic E-state index is 0.398. The number of aromatic nitrogens is 4. The molecule has 1 fully saturated rings. The van der Waals surface area contributed by atoms with Gasteiger partial charge in [0, 0.05) is 31.5 Å². The van der Waals surface area contributed by atoms with E-state index in [0.717, 1.165) is 47.2 Å². The number of nitrogens with one attached hydrogen (secondary N) is 2. The highest BCUT2D eigenvalue weighted by Gasteiger charge is 2.18. The van der Waals surface area contributed by atoms with Crippen molar-refractivity contribution < 1.29 is 9.47 Å². The van der Waals surface area contributed by atoms with Gasteiger partial charge in [-0.2, -0.15) is 0 Å².